The van der Waals surface area contributed by atoms with Gasteiger partial charge in [-0.05, 0) is 38.9 Å². The number of hydrogen-bond donors (Lipinski definition) is 2. The molecule has 0 aliphatic carbocycles. The molecule has 1 amide bonds. The number of carbonyl (C=O) groups is 1. The lowest BCUT2D eigenvalue weighted by Gasteiger charge is -2.26. The van der Waals surface area contributed by atoms with Gasteiger partial charge < -0.3 is 20.3 Å². The molecule has 1 saturated heterocycles. The molecular weight excluding hydrogens is 404 g/mol. The van der Waals surface area contributed by atoms with Crippen LogP contribution >= 0.6 is 0 Å². The van der Waals surface area contributed by atoms with Crippen LogP contribution in [0.1, 0.15) is 25.3 Å². The molecule has 1 unspecified atom stereocenters. The third kappa shape index (κ3) is 10.4. The van der Waals surface area contributed by atoms with Crippen molar-refractivity contribution >= 4 is 11.9 Å². The lowest BCUT2D eigenvalue weighted by Crippen LogP contribution is -2.42. The van der Waals surface area contributed by atoms with Crippen molar-refractivity contribution in [3.8, 4) is 0 Å². The second-order valence-corrected chi connectivity index (χ2v) is 8.65. The van der Waals surface area contributed by atoms with Gasteiger partial charge in [-0.2, -0.15) is 0 Å². The van der Waals surface area contributed by atoms with E-state index in [0.29, 0.717) is 12.0 Å². The number of hydrogen-bond acceptors (Lipinski definition) is 5. The first-order chi connectivity index (χ1) is 15.5. The van der Waals surface area contributed by atoms with E-state index >= 15 is 0 Å². The van der Waals surface area contributed by atoms with Crippen LogP contribution in [0.4, 0.5) is 0 Å². The number of amides is 1. The zero-order valence-electron chi connectivity index (χ0n) is 20.3. The van der Waals surface area contributed by atoms with Gasteiger partial charge in [-0.15, -0.1) is 0 Å². The summed E-state index contributed by atoms with van der Waals surface area (Å²) in [6.07, 6.45) is 2.01. The van der Waals surface area contributed by atoms with E-state index in [9.17, 15) is 4.79 Å². The summed E-state index contributed by atoms with van der Waals surface area (Å²) in [6, 6.07) is 11.0. The smallest absolute Gasteiger partial charge is 0.243 e. The predicted octanol–water partition coefficient (Wildman–Crippen LogP) is 1.24. The zero-order chi connectivity index (χ0) is 23.2. The molecule has 8 nitrogen and oxygen atoms in total. The fraction of sp³-hybridized carbons (Fsp3) is 0.667. The van der Waals surface area contributed by atoms with Crippen LogP contribution in [-0.4, -0.2) is 106 Å². The predicted molar refractivity (Wildman–Crippen MR) is 131 cm³/mol. The van der Waals surface area contributed by atoms with Gasteiger partial charge in [-0.1, -0.05) is 30.3 Å². The Morgan fingerprint density at radius 3 is 2.50 bits per heavy atom. The van der Waals surface area contributed by atoms with Crippen molar-refractivity contribution < 1.29 is 9.53 Å². The largest absolute Gasteiger partial charge is 0.379 e. The van der Waals surface area contributed by atoms with Gasteiger partial charge >= 0.3 is 0 Å². The minimum absolute atomic E-state index is 0.00428. The molecule has 2 N–H and O–H groups in total. The van der Waals surface area contributed by atoms with Crippen LogP contribution in [0.3, 0.4) is 0 Å². The Bertz CT molecular complexity index is 676. The number of guanidine groups is 1. The summed E-state index contributed by atoms with van der Waals surface area (Å²) in [7, 11) is 5.67. The van der Waals surface area contributed by atoms with Crippen molar-refractivity contribution in [1.29, 1.82) is 0 Å². The van der Waals surface area contributed by atoms with Crippen LogP contribution in [-0.2, 0) is 16.1 Å². The maximum absolute atomic E-state index is 12.0. The molecule has 0 bridgehead atoms. The van der Waals surface area contributed by atoms with E-state index < -0.39 is 0 Å². The van der Waals surface area contributed by atoms with E-state index in [4.69, 9.17) is 4.74 Å². The summed E-state index contributed by atoms with van der Waals surface area (Å²) >= 11 is 0. The van der Waals surface area contributed by atoms with E-state index in [1.165, 1.54) is 5.56 Å². The summed E-state index contributed by atoms with van der Waals surface area (Å²) in [6.45, 7) is 9.64. The number of carbonyl (C=O) groups excluding carboxylic acids is 1. The van der Waals surface area contributed by atoms with Crippen molar-refractivity contribution in [1.82, 2.24) is 25.3 Å². The third-order valence-electron chi connectivity index (χ3n) is 5.80. The van der Waals surface area contributed by atoms with E-state index in [-0.39, 0.29) is 12.5 Å². The third-order valence-corrected chi connectivity index (χ3v) is 5.80. The zero-order valence-corrected chi connectivity index (χ0v) is 20.3. The topological polar surface area (TPSA) is 72.4 Å². The van der Waals surface area contributed by atoms with Crippen molar-refractivity contribution in [2.24, 2.45) is 4.99 Å². The number of benzene rings is 1. The number of rotatable bonds is 12. The Morgan fingerprint density at radius 1 is 1.12 bits per heavy atom. The Hall–Kier alpha value is -2.16. The SMILES string of the molecule is CC(CCNC(=NCC(=O)N(C)C)NCCCN1CCOCC1)N(C)Cc1ccccc1. The van der Waals surface area contributed by atoms with E-state index in [2.05, 4.69) is 63.7 Å². The Morgan fingerprint density at radius 2 is 1.81 bits per heavy atom. The summed E-state index contributed by atoms with van der Waals surface area (Å²) < 4.78 is 5.41. The number of likely N-dealkylation sites (N-methyl/N-ethyl adjacent to an activating group) is 1. The van der Waals surface area contributed by atoms with Crippen LogP contribution in [0.2, 0.25) is 0 Å². The summed E-state index contributed by atoms with van der Waals surface area (Å²) in [5.41, 5.74) is 1.32. The van der Waals surface area contributed by atoms with Crippen molar-refractivity contribution in [2.45, 2.75) is 32.4 Å². The van der Waals surface area contributed by atoms with Gasteiger partial charge in [0.15, 0.2) is 5.96 Å². The summed E-state index contributed by atoms with van der Waals surface area (Å²) in [5.74, 6) is 0.704. The van der Waals surface area contributed by atoms with Crippen LogP contribution in [0.25, 0.3) is 0 Å². The van der Waals surface area contributed by atoms with Gasteiger partial charge in [0.25, 0.3) is 0 Å². The Balaban J connectivity index is 1.75. The molecule has 0 aromatic heterocycles. The average molecular weight is 447 g/mol. The molecule has 180 valence electrons. The highest BCUT2D eigenvalue weighted by Crippen LogP contribution is 2.07. The Kier molecular flexibility index (Phi) is 12.1. The standard InChI is InChI=1S/C24H42N6O2/c1-21(29(4)20-22-9-6-5-7-10-22)11-13-26-24(27-19-23(31)28(2)3)25-12-8-14-30-15-17-32-18-16-30/h5-7,9-10,21H,8,11-20H2,1-4H3,(H2,25,26,27). The highest BCUT2D eigenvalue weighted by Gasteiger charge is 2.12. The maximum atomic E-state index is 12.0. The number of nitrogens with one attached hydrogen (secondary N) is 2. The monoisotopic (exact) mass is 446 g/mol. The summed E-state index contributed by atoms with van der Waals surface area (Å²) in [4.78, 5) is 22.8. The lowest BCUT2D eigenvalue weighted by molar-refractivity contribution is -0.127. The number of morpholine rings is 1. The average Bonchev–Trinajstić information content (AvgIpc) is 2.80. The van der Waals surface area contributed by atoms with Gasteiger partial charge in [0.05, 0.1) is 13.2 Å². The molecule has 1 aliphatic rings. The number of aliphatic imine (C=N–C) groups is 1. The fourth-order valence-electron chi connectivity index (χ4n) is 3.44. The van der Waals surface area contributed by atoms with Gasteiger partial charge in [0.1, 0.15) is 6.54 Å². The minimum atomic E-state index is -0.00428. The van der Waals surface area contributed by atoms with E-state index in [0.717, 1.165) is 65.3 Å². The molecule has 1 aromatic rings. The van der Waals surface area contributed by atoms with Crippen LogP contribution < -0.4 is 10.6 Å². The van der Waals surface area contributed by atoms with Crippen LogP contribution in [0.15, 0.2) is 35.3 Å². The first-order valence-electron chi connectivity index (χ1n) is 11.7. The molecule has 1 aliphatic heterocycles. The first kappa shape index (κ1) is 26.1. The molecule has 0 saturated carbocycles. The second kappa shape index (κ2) is 14.8. The molecule has 1 fully saturated rings. The van der Waals surface area contributed by atoms with Gasteiger partial charge in [-0.3, -0.25) is 14.6 Å². The molecule has 8 heteroatoms. The maximum Gasteiger partial charge on any atom is 0.243 e. The van der Waals surface area contributed by atoms with Crippen molar-refractivity contribution in [2.75, 3.05) is 73.6 Å². The molecule has 2 rings (SSSR count). The number of nitrogens with zero attached hydrogens (tertiary/aromatic N) is 4. The minimum Gasteiger partial charge on any atom is -0.379 e. The number of ether oxygens (including phenoxy) is 1. The quantitative estimate of drug-likeness (QED) is 0.286. The normalized spacial score (nSPS) is 16.1. The molecule has 1 heterocycles. The molecule has 1 atom stereocenters. The molecule has 0 radical (unpaired) electrons. The van der Waals surface area contributed by atoms with Gasteiger partial charge in [-0.25, -0.2) is 4.99 Å². The summed E-state index contributed by atoms with van der Waals surface area (Å²) in [5, 5.41) is 6.80. The Labute approximate surface area is 194 Å². The lowest BCUT2D eigenvalue weighted by atomic mass is 10.1. The first-order valence-corrected chi connectivity index (χ1v) is 11.7. The highest BCUT2D eigenvalue weighted by molar-refractivity contribution is 5.84. The fourth-order valence-corrected chi connectivity index (χ4v) is 3.44. The second-order valence-electron chi connectivity index (χ2n) is 8.65. The molecular formula is C24H42N6O2. The van der Waals surface area contributed by atoms with Gasteiger partial charge in [0.2, 0.25) is 5.91 Å². The molecule has 32 heavy (non-hydrogen) atoms. The van der Waals surface area contributed by atoms with Gasteiger partial charge in [0, 0.05) is 52.9 Å². The van der Waals surface area contributed by atoms with Crippen molar-refractivity contribution in [3.05, 3.63) is 35.9 Å². The highest BCUT2D eigenvalue weighted by atomic mass is 16.5. The van der Waals surface area contributed by atoms with E-state index in [1.807, 2.05) is 6.07 Å². The molecule has 0 spiro atoms. The van der Waals surface area contributed by atoms with Crippen LogP contribution in [0.5, 0.6) is 0 Å². The van der Waals surface area contributed by atoms with Crippen molar-refractivity contribution in [3.63, 3.8) is 0 Å². The molecule has 1 aromatic carbocycles. The van der Waals surface area contributed by atoms with Crippen LogP contribution in [0, 0.1) is 0 Å². The van der Waals surface area contributed by atoms with E-state index in [1.54, 1.807) is 19.0 Å².